The summed E-state index contributed by atoms with van der Waals surface area (Å²) in [5.74, 6) is -1.93. The van der Waals surface area contributed by atoms with Crippen molar-refractivity contribution in [3.05, 3.63) is 120 Å². The molecule has 0 saturated carbocycles. The molecule has 3 aliphatic rings. The Morgan fingerprint density at radius 3 is 2.10 bits per heavy atom. The van der Waals surface area contributed by atoms with Crippen molar-refractivity contribution in [2.24, 2.45) is 23.7 Å². The lowest BCUT2D eigenvalue weighted by Gasteiger charge is -2.40. The minimum atomic E-state index is -0.619. The van der Waals surface area contributed by atoms with Crippen LogP contribution in [-0.4, -0.2) is 17.8 Å². The topological polar surface area (TPSA) is 63.7 Å². The summed E-state index contributed by atoms with van der Waals surface area (Å²) in [6, 6.07) is 28.0. The maximum absolute atomic E-state index is 14.2. The van der Waals surface area contributed by atoms with E-state index in [0.29, 0.717) is 23.4 Å². The number of anilines is 1. The fraction of sp³-hybridized carbons (Fsp3) is 0.265. The summed E-state index contributed by atoms with van der Waals surface area (Å²) >= 11 is 0. The second kappa shape index (κ2) is 10.5. The van der Waals surface area contributed by atoms with Gasteiger partial charge in [0.1, 0.15) is 5.76 Å². The fourth-order valence-corrected chi connectivity index (χ4v) is 6.59. The molecule has 4 atom stereocenters. The number of benzene rings is 3. The second-order valence-electron chi connectivity index (χ2n) is 10.5. The van der Waals surface area contributed by atoms with E-state index in [1.54, 1.807) is 36.4 Å². The smallest absolute Gasteiger partial charge is 0.343 e. The van der Waals surface area contributed by atoms with E-state index in [0.717, 1.165) is 36.0 Å². The van der Waals surface area contributed by atoms with Crippen LogP contribution in [0, 0.1) is 23.7 Å². The number of imide groups is 1. The van der Waals surface area contributed by atoms with Crippen molar-refractivity contribution >= 4 is 29.0 Å². The van der Waals surface area contributed by atoms with Gasteiger partial charge in [-0.05, 0) is 60.6 Å². The normalized spacial score (nSPS) is 24.2. The molecule has 0 N–H and O–H groups in total. The Balaban J connectivity index is 1.50. The first-order valence-corrected chi connectivity index (χ1v) is 13.8. The molecule has 5 heteroatoms. The van der Waals surface area contributed by atoms with Crippen molar-refractivity contribution in [2.75, 3.05) is 4.90 Å². The zero-order valence-corrected chi connectivity index (χ0v) is 22.0. The van der Waals surface area contributed by atoms with Crippen molar-refractivity contribution in [1.29, 1.82) is 0 Å². The predicted octanol–water partition coefficient (Wildman–Crippen LogP) is 6.83. The molecule has 196 valence electrons. The van der Waals surface area contributed by atoms with E-state index in [2.05, 4.69) is 13.0 Å². The number of rotatable bonds is 6. The molecule has 6 rings (SSSR count). The lowest BCUT2D eigenvalue weighted by molar-refractivity contribution is -0.122. The molecule has 1 unspecified atom stereocenters. The van der Waals surface area contributed by atoms with Gasteiger partial charge in [0, 0.05) is 0 Å². The standard InChI is InChI=1S/C34H31NO4/c1-2-12-24-21-25-19-20-27(22-13-6-3-7-14-22)31(39-34(38)23-15-8-4-9-16-23)28(25)30-29(24)32(36)35(33(30)37)26-17-10-5-11-18-26/h3-11,13-18,21,24,28-30H,2,12,19-20H2,1H3/t24?,28-,29+,30-/m1/s1. The van der Waals surface area contributed by atoms with Crippen LogP contribution in [0.15, 0.2) is 108 Å². The highest BCUT2D eigenvalue weighted by Crippen LogP contribution is 2.54. The number of nitrogens with zero attached hydrogens (tertiary/aromatic N) is 1. The molecule has 39 heavy (non-hydrogen) atoms. The van der Waals surface area contributed by atoms with Gasteiger partial charge in [-0.15, -0.1) is 0 Å². The van der Waals surface area contributed by atoms with Crippen LogP contribution in [-0.2, 0) is 14.3 Å². The Morgan fingerprint density at radius 2 is 1.44 bits per heavy atom. The summed E-state index contributed by atoms with van der Waals surface area (Å²) in [5.41, 5.74) is 4.03. The lowest BCUT2D eigenvalue weighted by atomic mass is 9.63. The minimum Gasteiger partial charge on any atom is -0.426 e. The number of allylic oxidation sites excluding steroid dienone is 3. The molecule has 3 aromatic rings. The first kappa shape index (κ1) is 25.1. The molecule has 0 aromatic heterocycles. The van der Waals surface area contributed by atoms with E-state index in [4.69, 9.17) is 4.74 Å². The Kier molecular flexibility index (Phi) is 6.74. The SMILES string of the molecule is CCCC1C=C2CCC(c3ccccc3)=C(OC(=O)c3ccccc3)[C@H]2[C@H]2C(=O)N(c3ccccc3)C(=O)[C@@H]12. The van der Waals surface area contributed by atoms with Gasteiger partial charge in [0.05, 0.1) is 29.0 Å². The molecule has 1 heterocycles. The number of carbonyl (C=O) groups is 3. The third-order valence-electron chi connectivity index (χ3n) is 8.26. The van der Waals surface area contributed by atoms with Gasteiger partial charge in [0.25, 0.3) is 0 Å². The van der Waals surface area contributed by atoms with Crippen molar-refractivity contribution in [3.8, 4) is 0 Å². The van der Waals surface area contributed by atoms with Crippen LogP contribution in [0.25, 0.3) is 5.57 Å². The zero-order chi connectivity index (χ0) is 26.9. The summed E-state index contributed by atoms with van der Waals surface area (Å²) < 4.78 is 6.26. The molecule has 1 saturated heterocycles. The maximum Gasteiger partial charge on any atom is 0.343 e. The molecule has 2 aliphatic carbocycles. The number of carbonyl (C=O) groups excluding carboxylic acids is 3. The Labute approximate surface area is 228 Å². The predicted molar refractivity (Wildman–Crippen MR) is 150 cm³/mol. The highest BCUT2D eigenvalue weighted by Gasteiger charge is 2.58. The van der Waals surface area contributed by atoms with Gasteiger partial charge in [0.15, 0.2) is 0 Å². The number of amides is 2. The van der Waals surface area contributed by atoms with Gasteiger partial charge in [0.2, 0.25) is 11.8 Å². The van der Waals surface area contributed by atoms with Crippen LogP contribution in [0.1, 0.15) is 48.5 Å². The molecule has 5 nitrogen and oxygen atoms in total. The van der Waals surface area contributed by atoms with Crippen LogP contribution in [0.4, 0.5) is 5.69 Å². The largest absolute Gasteiger partial charge is 0.426 e. The first-order valence-electron chi connectivity index (χ1n) is 13.8. The van der Waals surface area contributed by atoms with E-state index in [1.165, 1.54) is 4.90 Å². The third kappa shape index (κ3) is 4.42. The molecule has 3 aromatic carbocycles. The van der Waals surface area contributed by atoms with E-state index in [1.807, 2.05) is 54.6 Å². The summed E-state index contributed by atoms with van der Waals surface area (Å²) in [6.45, 7) is 2.11. The molecular weight excluding hydrogens is 486 g/mol. The van der Waals surface area contributed by atoms with Crippen LogP contribution in [0.3, 0.4) is 0 Å². The van der Waals surface area contributed by atoms with Gasteiger partial charge in [-0.25, -0.2) is 4.79 Å². The number of para-hydroxylation sites is 1. The van der Waals surface area contributed by atoms with Crippen LogP contribution in [0.5, 0.6) is 0 Å². The average molecular weight is 518 g/mol. The second-order valence-corrected chi connectivity index (χ2v) is 10.5. The quantitative estimate of drug-likeness (QED) is 0.204. The van der Waals surface area contributed by atoms with Gasteiger partial charge in [-0.1, -0.05) is 91.7 Å². The summed E-state index contributed by atoms with van der Waals surface area (Å²) in [5, 5.41) is 0. The zero-order valence-electron chi connectivity index (χ0n) is 22.0. The van der Waals surface area contributed by atoms with Gasteiger partial charge >= 0.3 is 5.97 Å². The van der Waals surface area contributed by atoms with E-state index in [9.17, 15) is 14.4 Å². The lowest BCUT2D eigenvalue weighted by Crippen LogP contribution is -2.39. The molecular formula is C34H31NO4. The Morgan fingerprint density at radius 1 is 0.821 bits per heavy atom. The van der Waals surface area contributed by atoms with E-state index in [-0.39, 0.29) is 17.7 Å². The summed E-state index contributed by atoms with van der Waals surface area (Å²) in [4.78, 5) is 43.0. The fourth-order valence-electron chi connectivity index (χ4n) is 6.59. The van der Waals surface area contributed by atoms with E-state index < -0.39 is 23.7 Å². The minimum absolute atomic E-state index is 0.0271. The summed E-state index contributed by atoms with van der Waals surface area (Å²) in [6.07, 6.45) is 5.42. The van der Waals surface area contributed by atoms with Crippen molar-refractivity contribution in [2.45, 2.75) is 32.6 Å². The number of fused-ring (bicyclic) bond motifs is 3. The summed E-state index contributed by atoms with van der Waals surface area (Å²) in [7, 11) is 0. The number of hydrogen-bond donors (Lipinski definition) is 0. The maximum atomic E-state index is 14.2. The Bertz CT molecular complexity index is 1460. The molecule has 1 fully saturated rings. The van der Waals surface area contributed by atoms with Crippen LogP contribution < -0.4 is 4.90 Å². The van der Waals surface area contributed by atoms with Gasteiger partial charge in [-0.2, -0.15) is 0 Å². The highest BCUT2D eigenvalue weighted by atomic mass is 16.5. The van der Waals surface area contributed by atoms with E-state index >= 15 is 0 Å². The Hall–Kier alpha value is -4.25. The molecule has 0 radical (unpaired) electrons. The first-order chi connectivity index (χ1) is 19.1. The number of ether oxygens (including phenoxy) is 1. The van der Waals surface area contributed by atoms with Crippen molar-refractivity contribution in [3.63, 3.8) is 0 Å². The van der Waals surface area contributed by atoms with Crippen molar-refractivity contribution in [1.82, 2.24) is 0 Å². The number of hydrogen-bond acceptors (Lipinski definition) is 4. The number of esters is 1. The monoisotopic (exact) mass is 517 g/mol. The van der Waals surface area contributed by atoms with Crippen molar-refractivity contribution < 1.29 is 19.1 Å². The highest BCUT2D eigenvalue weighted by molar-refractivity contribution is 6.22. The average Bonchev–Trinajstić information content (AvgIpc) is 3.24. The van der Waals surface area contributed by atoms with Gasteiger partial charge in [-0.3, -0.25) is 14.5 Å². The van der Waals surface area contributed by atoms with Crippen LogP contribution >= 0.6 is 0 Å². The molecule has 0 spiro atoms. The van der Waals surface area contributed by atoms with Crippen LogP contribution in [0.2, 0.25) is 0 Å². The van der Waals surface area contributed by atoms with Gasteiger partial charge < -0.3 is 4.74 Å². The third-order valence-corrected chi connectivity index (χ3v) is 8.26. The molecule has 0 bridgehead atoms. The molecule has 1 aliphatic heterocycles. The molecule has 2 amide bonds.